The fraction of sp³-hybridized carbons (Fsp3) is 0.556. The maximum Gasteiger partial charge on any atom is 0.0483 e. The van der Waals surface area contributed by atoms with Crippen LogP contribution in [0.15, 0.2) is 30.5 Å². The molecule has 1 aliphatic rings. The van der Waals surface area contributed by atoms with Gasteiger partial charge in [0.15, 0.2) is 0 Å². The topological polar surface area (TPSA) is 26.2 Å². The minimum absolute atomic E-state index is 0.799. The Labute approximate surface area is 127 Å². The maximum atomic E-state index is 5.14. The number of fused-ring (bicyclic) bond motifs is 1. The number of aryl methyl sites for hydroxylation is 1. The molecule has 1 aromatic heterocycles. The Morgan fingerprint density at radius 3 is 2.90 bits per heavy atom. The zero-order chi connectivity index (χ0) is 14.5. The van der Waals surface area contributed by atoms with Crippen molar-refractivity contribution in [2.24, 2.45) is 0 Å². The lowest BCUT2D eigenvalue weighted by atomic mass is 10.1. The van der Waals surface area contributed by atoms with Crippen LogP contribution in [-0.4, -0.2) is 30.9 Å². The van der Waals surface area contributed by atoms with Crippen LogP contribution in [-0.2, 0) is 17.7 Å². The lowest BCUT2D eigenvalue weighted by Gasteiger charge is -2.04. The van der Waals surface area contributed by atoms with Gasteiger partial charge in [-0.2, -0.15) is 0 Å². The van der Waals surface area contributed by atoms with Gasteiger partial charge in [-0.25, -0.2) is 0 Å². The summed E-state index contributed by atoms with van der Waals surface area (Å²) in [5.41, 5.74) is 2.85. The number of ether oxygens (including phenoxy) is 1. The molecule has 114 valence electrons. The van der Waals surface area contributed by atoms with Crippen LogP contribution < -0.4 is 5.32 Å². The van der Waals surface area contributed by atoms with E-state index in [2.05, 4.69) is 40.3 Å². The molecule has 0 spiro atoms. The van der Waals surface area contributed by atoms with Crippen molar-refractivity contribution >= 4 is 10.9 Å². The van der Waals surface area contributed by atoms with E-state index < -0.39 is 0 Å². The van der Waals surface area contributed by atoms with Gasteiger partial charge in [0.05, 0.1) is 0 Å². The minimum atomic E-state index is 0.799. The number of nitrogens with zero attached hydrogens (tertiary/aromatic N) is 1. The quantitative estimate of drug-likeness (QED) is 0.715. The summed E-state index contributed by atoms with van der Waals surface area (Å²) in [5, 5.41) is 5.03. The third kappa shape index (κ3) is 3.86. The lowest BCUT2D eigenvalue weighted by Crippen LogP contribution is -2.19. The van der Waals surface area contributed by atoms with Crippen LogP contribution in [0.1, 0.15) is 31.2 Å². The van der Waals surface area contributed by atoms with Gasteiger partial charge in [0.1, 0.15) is 0 Å². The Morgan fingerprint density at radius 1 is 1.24 bits per heavy atom. The number of para-hydroxylation sites is 1. The molecule has 3 rings (SSSR count). The van der Waals surface area contributed by atoms with Gasteiger partial charge in [-0.1, -0.05) is 18.2 Å². The average Bonchev–Trinajstić information content (AvgIpc) is 3.27. The molecule has 0 bridgehead atoms. The van der Waals surface area contributed by atoms with Crippen molar-refractivity contribution < 1.29 is 4.74 Å². The molecule has 0 aliphatic heterocycles. The average molecular weight is 286 g/mol. The molecule has 2 aromatic rings. The van der Waals surface area contributed by atoms with Crippen molar-refractivity contribution in [2.75, 3.05) is 20.3 Å². The van der Waals surface area contributed by atoms with Crippen molar-refractivity contribution in [1.29, 1.82) is 0 Å². The largest absolute Gasteiger partial charge is 0.385 e. The zero-order valence-corrected chi connectivity index (χ0v) is 13.0. The number of benzene rings is 1. The molecule has 0 unspecified atom stereocenters. The second-order valence-corrected chi connectivity index (χ2v) is 6.04. The van der Waals surface area contributed by atoms with Crippen molar-refractivity contribution in [3.63, 3.8) is 0 Å². The summed E-state index contributed by atoms with van der Waals surface area (Å²) < 4.78 is 7.55. The third-order valence-electron chi connectivity index (χ3n) is 4.27. The van der Waals surface area contributed by atoms with Gasteiger partial charge in [0, 0.05) is 43.4 Å². The van der Waals surface area contributed by atoms with Crippen molar-refractivity contribution in [2.45, 2.75) is 44.7 Å². The SMILES string of the molecule is COCCCCn1cc(CCNC2CC2)c2ccccc21. The van der Waals surface area contributed by atoms with Gasteiger partial charge in [0.25, 0.3) is 0 Å². The summed E-state index contributed by atoms with van der Waals surface area (Å²) in [5.74, 6) is 0. The third-order valence-corrected chi connectivity index (χ3v) is 4.27. The van der Waals surface area contributed by atoms with Gasteiger partial charge >= 0.3 is 0 Å². The van der Waals surface area contributed by atoms with Gasteiger partial charge < -0.3 is 14.6 Å². The van der Waals surface area contributed by atoms with Crippen LogP contribution in [0.25, 0.3) is 10.9 Å². The van der Waals surface area contributed by atoms with E-state index >= 15 is 0 Å². The maximum absolute atomic E-state index is 5.14. The molecule has 1 aliphatic carbocycles. The Balaban J connectivity index is 1.66. The number of methoxy groups -OCH3 is 1. The van der Waals surface area contributed by atoms with E-state index in [1.165, 1.54) is 35.7 Å². The molecule has 21 heavy (non-hydrogen) atoms. The normalized spacial score (nSPS) is 14.9. The molecule has 3 nitrogen and oxygen atoms in total. The first-order valence-corrected chi connectivity index (χ1v) is 8.17. The second-order valence-electron chi connectivity index (χ2n) is 6.04. The summed E-state index contributed by atoms with van der Waals surface area (Å²) >= 11 is 0. The number of aromatic nitrogens is 1. The first-order chi connectivity index (χ1) is 10.4. The molecule has 0 amide bonds. The molecular formula is C18H26N2O. The number of hydrogen-bond acceptors (Lipinski definition) is 2. The highest BCUT2D eigenvalue weighted by atomic mass is 16.5. The van der Waals surface area contributed by atoms with Gasteiger partial charge in [-0.15, -0.1) is 0 Å². The smallest absolute Gasteiger partial charge is 0.0483 e. The molecule has 1 fully saturated rings. The van der Waals surface area contributed by atoms with Crippen molar-refractivity contribution in [3.05, 3.63) is 36.0 Å². The number of nitrogens with one attached hydrogen (secondary N) is 1. The lowest BCUT2D eigenvalue weighted by molar-refractivity contribution is 0.191. The summed E-state index contributed by atoms with van der Waals surface area (Å²) in [4.78, 5) is 0. The predicted octanol–water partition coefficient (Wildman–Crippen LogP) is 3.36. The van der Waals surface area contributed by atoms with Crippen molar-refractivity contribution in [3.8, 4) is 0 Å². The van der Waals surface area contributed by atoms with Crippen LogP contribution in [0.5, 0.6) is 0 Å². The van der Waals surface area contributed by atoms with Gasteiger partial charge in [-0.3, -0.25) is 0 Å². The van der Waals surface area contributed by atoms with Crippen LogP contribution >= 0.6 is 0 Å². The Morgan fingerprint density at radius 2 is 2.10 bits per heavy atom. The van der Waals surface area contributed by atoms with E-state index in [1.54, 1.807) is 7.11 Å². The Bertz CT molecular complexity index is 572. The van der Waals surface area contributed by atoms with Gasteiger partial charge in [-0.05, 0) is 50.3 Å². The highest BCUT2D eigenvalue weighted by molar-refractivity contribution is 5.84. The summed E-state index contributed by atoms with van der Waals surface area (Å²) in [6.45, 7) is 3.04. The van der Waals surface area contributed by atoms with Crippen LogP contribution in [0.3, 0.4) is 0 Å². The molecule has 1 aromatic carbocycles. The Hall–Kier alpha value is -1.32. The monoisotopic (exact) mass is 286 g/mol. The Kier molecular flexibility index (Phi) is 4.94. The first-order valence-electron chi connectivity index (χ1n) is 8.17. The fourth-order valence-electron chi connectivity index (χ4n) is 2.93. The first kappa shape index (κ1) is 14.6. The summed E-state index contributed by atoms with van der Waals surface area (Å²) in [6, 6.07) is 9.58. The van der Waals surface area contributed by atoms with E-state index in [0.29, 0.717) is 0 Å². The molecule has 1 heterocycles. The second kappa shape index (κ2) is 7.10. The molecule has 1 saturated carbocycles. The molecule has 3 heteroatoms. The highest BCUT2D eigenvalue weighted by Gasteiger charge is 2.19. The van der Waals surface area contributed by atoms with E-state index in [1.807, 2.05) is 0 Å². The van der Waals surface area contributed by atoms with Crippen LogP contribution in [0.2, 0.25) is 0 Å². The molecule has 1 N–H and O–H groups in total. The summed E-state index contributed by atoms with van der Waals surface area (Å²) in [7, 11) is 1.77. The van der Waals surface area contributed by atoms with Gasteiger partial charge in [0.2, 0.25) is 0 Å². The van der Waals surface area contributed by atoms with Crippen LogP contribution in [0, 0.1) is 0 Å². The number of unbranched alkanes of at least 4 members (excludes halogenated alkanes) is 1. The minimum Gasteiger partial charge on any atom is -0.385 e. The molecule has 0 atom stereocenters. The van der Waals surface area contributed by atoms with Crippen molar-refractivity contribution in [1.82, 2.24) is 9.88 Å². The zero-order valence-electron chi connectivity index (χ0n) is 13.0. The standard InChI is InChI=1S/C18H26N2O/c1-21-13-5-4-12-20-14-15(10-11-19-16-8-9-16)17-6-2-3-7-18(17)20/h2-3,6-7,14,16,19H,4-5,8-13H2,1H3. The van der Waals surface area contributed by atoms with E-state index in [0.717, 1.165) is 38.6 Å². The van der Waals surface area contributed by atoms with E-state index in [-0.39, 0.29) is 0 Å². The highest BCUT2D eigenvalue weighted by Crippen LogP contribution is 2.23. The number of rotatable bonds is 9. The predicted molar refractivity (Wildman–Crippen MR) is 87.8 cm³/mol. The fourth-order valence-corrected chi connectivity index (χ4v) is 2.93. The van der Waals surface area contributed by atoms with Crippen LogP contribution in [0.4, 0.5) is 0 Å². The number of hydrogen-bond donors (Lipinski definition) is 1. The summed E-state index contributed by atoms with van der Waals surface area (Å²) in [6.07, 6.45) is 8.50. The van der Waals surface area contributed by atoms with E-state index in [4.69, 9.17) is 4.74 Å². The van der Waals surface area contributed by atoms with E-state index in [9.17, 15) is 0 Å². The molecule has 0 radical (unpaired) electrons. The molecular weight excluding hydrogens is 260 g/mol. The molecule has 0 saturated heterocycles.